The van der Waals surface area contributed by atoms with E-state index in [2.05, 4.69) is 56.2 Å². The number of nitrogens with zero attached hydrogens (tertiary/aromatic N) is 1. The van der Waals surface area contributed by atoms with Crippen LogP contribution < -0.4 is 5.32 Å². The van der Waals surface area contributed by atoms with Gasteiger partial charge in [0.15, 0.2) is 5.13 Å². The molecule has 0 spiro atoms. The summed E-state index contributed by atoms with van der Waals surface area (Å²) in [5.74, 6) is 0. The van der Waals surface area contributed by atoms with E-state index in [9.17, 15) is 0 Å². The van der Waals surface area contributed by atoms with Gasteiger partial charge in [0.05, 0.1) is 10.2 Å². The monoisotopic (exact) mass is 248 g/mol. The second-order valence-electron chi connectivity index (χ2n) is 4.88. The van der Waals surface area contributed by atoms with Gasteiger partial charge in [-0.2, -0.15) is 0 Å². The predicted octanol–water partition coefficient (Wildman–Crippen LogP) is 4.60. The average molecular weight is 248 g/mol. The van der Waals surface area contributed by atoms with Gasteiger partial charge in [0.25, 0.3) is 0 Å². The molecule has 92 valence electrons. The standard InChI is InChI=1S/C14H20N2S/c1-5-14(4,6-2)16-13-15-11-8-7-10(3)9-12(11)17-13/h7-9H,5-6H2,1-4H3,(H,15,16). The first-order valence-corrected chi connectivity index (χ1v) is 7.03. The van der Waals surface area contributed by atoms with Crippen LogP contribution in [0.3, 0.4) is 0 Å². The molecule has 0 aliphatic heterocycles. The summed E-state index contributed by atoms with van der Waals surface area (Å²) >= 11 is 1.75. The first-order chi connectivity index (χ1) is 8.06. The third kappa shape index (κ3) is 2.60. The molecule has 0 amide bonds. The lowest BCUT2D eigenvalue weighted by Gasteiger charge is -2.27. The second kappa shape index (κ2) is 4.65. The lowest BCUT2D eigenvalue weighted by atomic mass is 9.96. The van der Waals surface area contributed by atoms with Gasteiger partial charge in [0.2, 0.25) is 0 Å². The van der Waals surface area contributed by atoms with Gasteiger partial charge in [-0.1, -0.05) is 31.3 Å². The van der Waals surface area contributed by atoms with Gasteiger partial charge >= 0.3 is 0 Å². The third-order valence-electron chi connectivity index (χ3n) is 3.51. The number of hydrogen-bond acceptors (Lipinski definition) is 3. The summed E-state index contributed by atoms with van der Waals surface area (Å²) in [4.78, 5) is 4.64. The summed E-state index contributed by atoms with van der Waals surface area (Å²) in [5.41, 5.74) is 2.54. The largest absolute Gasteiger partial charge is 0.356 e. The van der Waals surface area contributed by atoms with E-state index in [0.717, 1.165) is 23.5 Å². The van der Waals surface area contributed by atoms with Crippen molar-refractivity contribution in [2.24, 2.45) is 0 Å². The van der Waals surface area contributed by atoms with Gasteiger partial charge in [-0.15, -0.1) is 0 Å². The summed E-state index contributed by atoms with van der Waals surface area (Å²) < 4.78 is 1.27. The Balaban J connectivity index is 2.31. The Morgan fingerprint density at radius 1 is 1.29 bits per heavy atom. The molecule has 0 fully saturated rings. The molecule has 2 nitrogen and oxygen atoms in total. The van der Waals surface area contributed by atoms with Crippen LogP contribution in [-0.2, 0) is 0 Å². The Hall–Kier alpha value is -1.09. The molecule has 0 atom stereocenters. The molecule has 0 saturated carbocycles. The first-order valence-electron chi connectivity index (χ1n) is 6.21. The van der Waals surface area contributed by atoms with E-state index in [0.29, 0.717) is 0 Å². The zero-order valence-electron chi connectivity index (χ0n) is 11.0. The Bertz CT molecular complexity index is 512. The van der Waals surface area contributed by atoms with Crippen molar-refractivity contribution in [3.8, 4) is 0 Å². The van der Waals surface area contributed by atoms with Gasteiger partial charge in [0.1, 0.15) is 0 Å². The quantitative estimate of drug-likeness (QED) is 0.855. The number of thiazole rings is 1. The van der Waals surface area contributed by atoms with Gasteiger partial charge in [-0.05, 0) is 44.4 Å². The average Bonchev–Trinajstić information content (AvgIpc) is 2.70. The SMILES string of the molecule is CCC(C)(CC)Nc1nc2ccc(C)cc2s1. The maximum Gasteiger partial charge on any atom is 0.184 e. The number of hydrogen-bond donors (Lipinski definition) is 1. The molecule has 17 heavy (non-hydrogen) atoms. The van der Waals surface area contributed by atoms with Crippen molar-refractivity contribution in [3.63, 3.8) is 0 Å². The minimum atomic E-state index is 0.156. The molecule has 1 N–H and O–H groups in total. The normalized spacial score (nSPS) is 12.0. The fourth-order valence-electron chi connectivity index (χ4n) is 1.77. The van der Waals surface area contributed by atoms with Crippen LogP contribution in [-0.4, -0.2) is 10.5 Å². The molecular formula is C14H20N2S. The minimum absolute atomic E-state index is 0.156. The maximum absolute atomic E-state index is 4.64. The lowest BCUT2D eigenvalue weighted by molar-refractivity contribution is 0.478. The molecule has 0 bridgehead atoms. The molecule has 1 heterocycles. The molecule has 1 aromatic carbocycles. The van der Waals surface area contributed by atoms with Crippen LogP contribution >= 0.6 is 11.3 Å². The maximum atomic E-state index is 4.64. The number of rotatable bonds is 4. The van der Waals surface area contributed by atoms with E-state index in [-0.39, 0.29) is 5.54 Å². The third-order valence-corrected chi connectivity index (χ3v) is 4.45. The highest BCUT2D eigenvalue weighted by Gasteiger charge is 2.20. The Kier molecular flexibility index (Phi) is 3.38. The van der Waals surface area contributed by atoms with Crippen molar-refractivity contribution >= 4 is 26.7 Å². The molecule has 0 aliphatic carbocycles. The van der Waals surface area contributed by atoms with Crippen LogP contribution in [0.15, 0.2) is 18.2 Å². The minimum Gasteiger partial charge on any atom is -0.356 e. The highest BCUT2D eigenvalue weighted by molar-refractivity contribution is 7.22. The number of fused-ring (bicyclic) bond motifs is 1. The van der Waals surface area contributed by atoms with Crippen LogP contribution in [0.5, 0.6) is 0 Å². The molecule has 2 rings (SSSR count). The van der Waals surface area contributed by atoms with Crippen LogP contribution in [0, 0.1) is 6.92 Å². The molecule has 3 heteroatoms. The van der Waals surface area contributed by atoms with E-state index >= 15 is 0 Å². The lowest BCUT2D eigenvalue weighted by Crippen LogP contribution is -2.32. The van der Waals surface area contributed by atoms with Crippen molar-refractivity contribution in [2.75, 3.05) is 5.32 Å². The van der Waals surface area contributed by atoms with Gasteiger partial charge in [-0.25, -0.2) is 4.98 Å². The van der Waals surface area contributed by atoms with Crippen molar-refractivity contribution in [3.05, 3.63) is 23.8 Å². The zero-order chi connectivity index (χ0) is 12.5. The van der Waals surface area contributed by atoms with Crippen molar-refractivity contribution < 1.29 is 0 Å². The predicted molar refractivity (Wildman–Crippen MR) is 77.0 cm³/mol. The topological polar surface area (TPSA) is 24.9 Å². The summed E-state index contributed by atoms with van der Waals surface area (Å²) in [6.45, 7) is 8.81. The van der Waals surface area contributed by atoms with E-state index < -0.39 is 0 Å². The highest BCUT2D eigenvalue weighted by Crippen LogP contribution is 2.30. The fourth-order valence-corrected chi connectivity index (χ4v) is 2.88. The molecule has 0 radical (unpaired) electrons. The van der Waals surface area contributed by atoms with Crippen molar-refractivity contribution in [1.82, 2.24) is 4.98 Å². The molecule has 2 aromatic rings. The summed E-state index contributed by atoms with van der Waals surface area (Å²) in [5, 5.41) is 4.61. The molecule has 0 unspecified atom stereocenters. The Morgan fingerprint density at radius 3 is 2.65 bits per heavy atom. The fraction of sp³-hybridized carbons (Fsp3) is 0.500. The van der Waals surface area contributed by atoms with Crippen molar-refractivity contribution in [1.29, 1.82) is 0 Å². The van der Waals surface area contributed by atoms with E-state index in [1.165, 1.54) is 10.3 Å². The second-order valence-corrected chi connectivity index (χ2v) is 5.91. The Labute approximate surface area is 107 Å². The van der Waals surface area contributed by atoms with Gasteiger partial charge in [-0.3, -0.25) is 0 Å². The van der Waals surface area contributed by atoms with Crippen LogP contribution in [0.1, 0.15) is 39.2 Å². The van der Waals surface area contributed by atoms with Gasteiger partial charge in [0, 0.05) is 5.54 Å². The Morgan fingerprint density at radius 2 is 2.00 bits per heavy atom. The number of aryl methyl sites for hydroxylation is 1. The number of aromatic nitrogens is 1. The van der Waals surface area contributed by atoms with E-state index in [4.69, 9.17) is 0 Å². The summed E-state index contributed by atoms with van der Waals surface area (Å²) in [6.07, 6.45) is 2.22. The molecular weight excluding hydrogens is 228 g/mol. The molecule has 0 saturated heterocycles. The van der Waals surface area contributed by atoms with E-state index in [1.807, 2.05) is 0 Å². The summed E-state index contributed by atoms with van der Waals surface area (Å²) in [6, 6.07) is 6.42. The van der Waals surface area contributed by atoms with Gasteiger partial charge < -0.3 is 5.32 Å². The van der Waals surface area contributed by atoms with E-state index in [1.54, 1.807) is 11.3 Å². The first kappa shape index (κ1) is 12.4. The number of anilines is 1. The highest BCUT2D eigenvalue weighted by atomic mass is 32.1. The smallest absolute Gasteiger partial charge is 0.184 e. The van der Waals surface area contributed by atoms with Crippen LogP contribution in [0.2, 0.25) is 0 Å². The molecule has 0 aliphatic rings. The molecule has 1 aromatic heterocycles. The zero-order valence-corrected chi connectivity index (χ0v) is 11.8. The van der Waals surface area contributed by atoms with Crippen LogP contribution in [0.25, 0.3) is 10.2 Å². The summed E-state index contributed by atoms with van der Waals surface area (Å²) in [7, 11) is 0. The van der Waals surface area contributed by atoms with Crippen molar-refractivity contribution in [2.45, 2.75) is 46.1 Å². The number of benzene rings is 1. The van der Waals surface area contributed by atoms with Crippen LogP contribution in [0.4, 0.5) is 5.13 Å². The number of nitrogens with one attached hydrogen (secondary N) is 1.